The first-order valence-corrected chi connectivity index (χ1v) is 3.58. The van der Waals surface area contributed by atoms with Crippen LogP contribution in [0.3, 0.4) is 0 Å². The van der Waals surface area contributed by atoms with Crippen LogP contribution in [0, 0.1) is 0 Å². The first-order chi connectivity index (χ1) is 5.66. The standard InChI is InChI=1S/C7H11N3O2/c1-5(7(11)12-3)6-8-4-9-10(6)2/h4-5H,1-3H3. The van der Waals surface area contributed by atoms with E-state index in [0.717, 1.165) is 0 Å². The topological polar surface area (TPSA) is 57.0 Å². The molecule has 0 bridgehead atoms. The molecule has 1 aromatic rings. The second kappa shape index (κ2) is 3.34. The van der Waals surface area contributed by atoms with Crippen molar-refractivity contribution >= 4 is 5.97 Å². The highest BCUT2D eigenvalue weighted by Gasteiger charge is 2.19. The Morgan fingerprint density at radius 2 is 2.42 bits per heavy atom. The van der Waals surface area contributed by atoms with Crippen molar-refractivity contribution in [2.45, 2.75) is 12.8 Å². The van der Waals surface area contributed by atoms with Crippen LogP contribution in [0.2, 0.25) is 0 Å². The highest BCUT2D eigenvalue weighted by molar-refractivity contribution is 5.76. The van der Waals surface area contributed by atoms with E-state index in [4.69, 9.17) is 0 Å². The lowest BCUT2D eigenvalue weighted by Crippen LogP contribution is -2.15. The Balaban J connectivity index is 2.84. The molecule has 0 fully saturated rings. The van der Waals surface area contributed by atoms with Gasteiger partial charge in [0.2, 0.25) is 0 Å². The molecule has 1 heterocycles. The van der Waals surface area contributed by atoms with E-state index < -0.39 is 0 Å². The number of nitrogens with zero attached hydrogens (tertiary/aromatic N) is 3. The number of carbonyl (C=O) groups excluding carboxylic acids is 1. The third kappa shape index (κ3) is 1.44. The summed E-state index contributed by atoms with van der Waals surface area (Å²) in [4.78, 5) is 15.0. The average molecular weight is 169 g/mol. The summed E-state index contributed by atoms with van der Waals surface area (Å²) in [6, 6.07) is 0. The zero-order valence-corrected chi connectivity index (χ0v) is 7.31. The molecule has 0 aliphatic heterocycles. The molecule has 0 saturated carbocycles. The van der Waals surface area contributed by atoms with Crippen molar-refractivity contribution in [2.75, 3.05) is 7.11 Å². The average Bonchev–Trinajstić information content (AvgIpc) is 2.48. The van der Waals surface area contributed by atoms with Crippen LogP contribution in [0.1, 0.15) is 18.7 Å². The fourth-order valence-corrected chi connectivity index (χ4v) is 0.979. The summed E-state index contributed by atoms with van der Waals surface area (Å²) in [7, 11) is 3.09. The van der Waals surface area contributed by atoms with Gasteiger partial charge in [-0.3, -0.25) is 9.48 Å². The van der Waals surface area contributed by atoms with Crippen molar-refractivity contribution in [1.82, 2.24) is 14.8 Å². The third-order valence-corrected chi connectivity index (χ3v) is 1.69. The molecule has 0 amide bonds. The lowest BCUT2D eigenvalue weighted by atomic mass is 10.2. The first kappa shape index (κ1) is 8.70. The largest absolute Gasteiger partial charge is 0.468 e. The summed E-state index contributed by atoms with van der Waals surface area (Å²) in [5.74, 6) is -0.0459. The number of ether oxygens (including phenoxy) is 1. The van der Waals surface area contributed by atoms with Crippen molar-refractivity contribution in [2.24, 2.45) is 7.05 Å². The number of methoxy groups -OCH3 is 1. The normalized spacial score (nSPS) is 12.6. The molecule has 1 rings (SSSR count). The summed E-state index contributed by atoms with van der Waals surface area (Å²) < 4.78 is 6.13. The van der Waals surface area contributed by atoms with Gasteiger partial charge in [-0.2, -0.15) is 5.10 Å². The smallest absolute Gasteiger partial charge is 0.316 e. The Labute approximate surface area is 70.4 Å². The van der Waals surface area contributed by atoms with E-state index >= 15 is 0 Å². The van der Waals surface area contributed by atoms with Crippen LogP contribution in [0.4, 0.5) is 0 Å². The van der Waals surface area contributed by atoms with E-state index in [0.29, 0.717) is 5.82 Å². The molecular weight excluding hydrogens is 158 g/mol. The molecular formula is C7H11N3O2. The molecule has 0 radical (unpaired) electrons. The zero-order chi connectivity index (χ0) is 9.14. The fourth-order valence-electron chi connectivity index (χ4n) is 0.979. The van der Waals surface area contributed by atoms with Gasteiger partial charge in [0, 0.05) is 7.05 Å². The maximum absolute atomic E-state index is 11.1. The third-order valence-electron chi connectivity index (χ3n) is 1.69. The van der Waals surface area contributed by atoms with E-state index in [1.807, 2.05) is 0 Å². The van der Waals surface area contributed by atoms with E-state index in [1.165, 1.54) is 13.4 Å². The lowest BCUT2D eigenvalue weighted by Gasteiger charge is -2.06. The van der Waals surface area contributed by atoms with Gasteiger partial charge < -0.3 is 4.74 Å². The molecule has 1 unspecified atom stereocenters. The van der Waals surface area contributed by atoms with E-state index in [1.54, 1.807) is 18.7 Å². The van der Waals surface area contributed by atoms with Crippen LogP contribution in [-0.4, -0.2) is 27.8 Å². The molecule has 1 aromatic heterocycles. The second-order valence-corrected chi connectivity index (χ2v) is 2.49. The minimum absolute atomic E-state index is 0.300. The van der Waals surface area contributed by atoms with Gasteiger partial charge in [-0.15, -0.1) is 0 Å². The Morgan fingerprint density at radius 3 is 2.83 bits per heavy atom. The number of esters is 1. The van der Waals surface area contributed by atoms with Crippen molar-refractivity contribution in [3.63, 3.8) is 0 Å². The molecule has 0 saturated heterocycles. The number of hydrogen-bond donors (Lipinski definition) is 0. The highest BCUT2D eigenvalue weighted by atomic mass is 16.5. The molecule has 0 aliphatic rings. The SMILES string of the molecule is COC(=O)C(C)c1ncnn1C. The molecule has 5 heteroatoms. The number of hydrogen-bond acceptors (Lipinski definition) is 4. The van der Waals surface area contributed by atoms with Crippen LogP contribution in [0.5, 0.6) is 0 Å². The lowest BCUT2D eigenvalue weighted by molar-refractivity contribution is -0.142. The summed E-state index contributed by atoms with van der Waals surface area (Å²) >= 11 is 0. The maximum atomic E-state index is 11.1. The summed E-state index contributed by atoms with van der Waals surface area (Å²) in [5, 5.41) is 3.85. The van der Waals surface area contributed by atoms with Gasteiger partial charge in [0.25, 0.3) is 0 Å². The fraction of sp³-hybridized carbons (Fsp3) is 0.571. The monoisotopic (exact) mass is 169 g/mol. The Morgan fingerprint density at radius 1 is 1.75 bits per heavy atom. The zero-order valence-electron chi connectivity index (χ0n) is 7.31. The molecule has 0 aliphatic carbocycles. The molecule has 0 spiro atoms. The van der Waals surface area contributed by atoms with Crippen LogP contribution < -0.4 is 0 Å². The summed E-state index contributed by atoms with van der Waals surface area (Å²) in [6.45, 7) is 1.73. The molecule has 12 heavy (non-hydrogen) atoms. The minimum atomic E-state index is -0.359. The number of aryl methyl sites for hydroxylation is 1. The summed E-state index contributed by atoms with van der Waals surface area (Å²) in [6.07, 6.45) is 1.41. The van der Waals surface area contributed by atoms with Crippen molar-refractivity contribution in [1.29, 1.82) is 0 Å². The predicted octanol–water partition coefficient (Wildman–Crippen LogP) is 0.0916. The molecule has 1 atom stereocenters. The summed E-state index contributed by atoms with van der Waals surface area (Å²) in [5.41, 5.74) is 0. The molecule has 5 nitrogen and oxygen atoms in total. The van der Waals surface area contributed by atoms with Gasteiger partial charge in [0.05, 0.1) is 7.11 Å². The molecule has 0 aromatic carbocycles. The van der Waals surface area contributed by atoms with E-state index in [9.17, 15) is 4.79 Å². The highest BCUT2D eigenvalue weighted by Crippen LogP contribution is 2.11. The maximum Gasteiger partial charge on any atom is 0.316 e. The van der Waals surface area contributed by atoms with Crippen molar-refractivity contribution < 1.29 is 9.53 Å². The molecule has 66 valence electrons. The van der Waals surface area contributed by atoms with Crippen LogP contribution in [-0.2, 0) is 16.6 Å². The molecule has 0 N–H and O–H groups in total. The first-order valence-electron chi connectivity index (χ1n) is 3.58. The van der Waals surface area contributed by atoms with Crippen LogP contribution in [0.25, 0.3) is 0 Å². The predicted molar refractivity (Wildman–Crippen MR) is 41.4 cm³/mol. The minimum Gasteiger partial charge on any atom is -0.468 e. The Hall–Kier alpha value is -1.39. The van der Waals surface area contributed by atoms with Crippen molar-refractivity contribution in [3.8, 4) is 0 Å². The van der Waals surface area contributed by atoms with Crippen LogP contribution >= 0.6 is 0 Å². The number of carbonyl (C=O) groups is 1. The number of rotatable bonds is 2. The van der Waals surface area contributed by atoms with Gasteiger partial charge in [-0.05, 0) is 6.92 Å². The quantitative estimate of drug-likeness (QED) is 0.589. The van der Waals surface area contributed by atoms with Gasteiger partial charge in [0.1, 0.15) is 18.1 Å². The van der Waals surface area contributed by atoms with Crippen molar-refractivity contribution in [3.05, 3.63) is 12.2 Å². The van der Waals surface area contributed by atoms with E-state index in [2.05, 4.69) is 14.8 Å². The van der Waals surface area contributed by atoms with Gasteiger partial charge in [-0.1, -0.05) is 0 Å². The van der Waals surface area contributed by atoms with Gasteiger partial charge >= 0.3 is 5.97 Å². The Kier molecular flexibility index (Phi) is 2.42. The van der Waals surface area contributed by atoms with E-state index in [-0.39, 0.29) is 11.9 Å². The van der Waals surface area contributed by atoms with Crippen LogP contribution in [0.15, 0.2) is 6.33 Å². The Bertz CT molecular complexity index is 282. The van der Waals surface area contributed by atoms with Gasteiger partial charge in [-0.25, -0.2) is 4.98 Å². The number of aromatic nitrogens is 3. The van der Waals surface area contributed by atoms with Gasteiger partial charge in [0.15, 0.2) is 0 Å². The second-order valence-electron chi connectivity index (χ2n) is 2.49.